The third kappa shape index (κ3) is 1.47. The minimum atomic E-state index is -3.69. The first-order valence-corrected chi connectivity index (χ1v) is 5.22. The standard InChI is InChI=1S/C6H8N4O2S/c7-13(11,12)6-3-5-4-8-1-2-10(5)9-6/h3-4H,1-2H2,(H2,7,11,12). The zero-order valence-corrected chi connectivity index (χ0v) is 7.53. The molecule has 70 valence electrons. The zero-order chi connectivity index (χ0) is 9.47. The zero-order valence-electron chi connectivity index (χ0n) is 6.71. The summed E-state index contributed by atoms with van der Waals surface area (Å²) in [5.41, 5.74) is 0.676. The van der Waals surface area contributed by atoms with Gasteiger partial charge in [0.2, 0.25) is 0 Å². The Hall–Kier alpha value is -1.21. The molecule has 0 saturated heterocycles. The van der Waals surface area contributed by atoms with Crippen LogP contribution in [0.2, 0.25) is 0 Å². The first-order valence-electron chi connectivity index (χ1n) is 3.68. The van der Waals surface area contributed by atoms with Crippen molar-refractivity contribution < 1.29 is 8.42 Å². The molecule has 0 bridgehead atoms. The first kappa shape index (κ1) is 8.39. The molecule has 2 heterocycles. The van der Waals surface area contributed by atoms with Gasteiger partial charge in [-0.3, -0.25) is 9.67 Å². The van der Waals surface area contributed by atoms with Crippen LogP contribution in [0.4, 0.5) is 0 Å². The van der Waals surface area contributed by atoms with Crippen LogP contribution in [0.1, 0.15) is 5.69 Å². The van der Waals surface area contributed by atoms with Gasteiger partial charge in [0.15, 0.2) is 5.03 Å². The summed E-state index contributed by atoms with van der Waals surface area (Å²) in [6.45, 7) is 1.22. The van der Waals surface area contributed by atoms with Crippen molar-refractivity contribution in [3.63, 3.8) is 0 Å². The molecule has 1 aromatic rings. The van der Waals surface area contributed by atoms with Gasteiger partial charge < -0.3 is 0 Å². The van der Waals surface area contributed by atoms with Gasteiger partial charge >= 0.3 is 0 Å². The lowest BCUT2D eigenvalue weighted by molar-refractivity contribution is 0.571. The number of rotatable bonds is 1. The lowest BCUT2D eigenvalue weighted by atomic mass is 10.4. The molecule has 1 aromatic heterocycles. The van der Waals surface area contributed by atoms with Crippen molar-refractivity contribution in [3.05, 3.63) is 11.8 Å². The van der Waals surface area contributed by atoms with E-state index in [0.29, 0.717) is 18.8 Å². The normalized spacial score (nSPS) is 15.8. The SMILES string of the molecule is NS(=O)(=O)c1cc2n(n1)CCN=C2. The first-order chi connectivity index (χ1) is 6.07. The second-order valence-electron chi connectivity index (χ2n) is 2.71. The van der Waals surface area contributed by atoms with Crippen molar-refractivity contribution in [2.75, 3.05) is 6.54 Å². The van der Waals surface area contributed by atoms with Gasteiger partial charge in [-0.05, 0) is 0 Å². The van der Waals surface area contributed by atoms with Gasteiger partial charge in [-0.25, -0.2) is 13.6 Å². The molecule has 0 saturated carbocycles. The summed E-state index contributed by atoms with van der Waals surface area (Å²) in [6, 6.07) is 1.41. The highest BCUT2D eigenvalue weighted by Crippen LogP contribution is 2.09. The fourth-order valence-electron chi connectivity index (χ4n) is 1.14. The van der Waals surface area contributed by atoms with Crippen LogP contribution in [0, 0.1) is 0 Å². The molecule has 6 nitrogen and oxygen atoms in total. The van der Waals surface area contributed by atoms with Crippen LogP contribution < -0.4 is 5.14 Å². The molecule has 1 aliphatic heterocycles. The third-order valence-electron chi connectivity index (χ3n) is 1.74. The summed E-state index contributed by atoms with van der Waals surface area (Å²) in [5.74, 6) is 0. The molecule has 0 atom stereocenters. The Bertz CT molecular complexity index is 459. The van der Waals surface area contributed by atoms with Crippen molar-refractivity contribution in [1.82, 2.24) is 9.78 Å². The fraction of sp³-hybridized carbons (Fsp3) is 0.333. The summed E-state index contributed by atoms with van der Waals surface area (Å²) in [7, 11) is -3.69. The molecule has 0 fully saturated rings. The molecular formula is C6H8N4O2S. The fourth-order valence-corrected chi connectivity index (χ4v) is 1.64. The molecule has 13 heavy (non-hydrogen) atoms. The highest BCUT2D eigenvalue weighted by Gasteiger charge is 2.16. The molecule has 1 aliphatic rings. The molecule has 7 heteroatoms. The van der Waals surface area contributed by atoms with E-state index in [1.54, 1.807) is 10.9 Å². The number of hydrogen-bond acceptors (Lipinski definition) is 4. The van der Waals surface area contributed by atoms with Gasteiger partial charge in [-0.2, -0.15) is 5.10 Å². The van der Waals surface area contributed by atoms with Gasteiger partial charge in [0.25, 0.3) is 10.0 Å². The highest BCUT2D eigenvalue weighted by atomic mass is 32.2. The Morgan fingerprint density at radius 1 is 1.54 bits per heavy atom. The van der Waals surface area contributed by atoms with E-state index >= 15 is 0 Å². The second-order valence-corrected chi connectivity index (χ2v) is 4.22. The molecule has 0 radical (unpaired) electrons. The second kappa shape index (κ2) is 2.64. The quantitative estimate of drug-likeness (QED) is 0.628. The summed E-state index contributed by atoms with van der Waals surface area (Å²) in [6.07, 6.45) is 1.59. The molecule has 0 unspecified atom stereocenters. The topological polar surface area (TPSA) is 90.3 Å². The Morgan fingerprint density at radius 3 is 2.92 bits per heavy atom. The van der Waals surface area contributed by atoms with Crippen molar-refractivity contribution in [2.24, 2.45) is 10.1 Å². The van der Waals surface area contributed by atoms with E-state index in [0.717, 1.165) is 0 Å². The monoisotopic (exact) mass is 200 g/mol. The van der Waals surface area contributed by atoms with E-state index in [9.17, 15) is 8.42 Å². The summed E-state index contributed by atoms with van der Waals surface area (Å²) >= 11 is 0. The van der Waals surface area contributed by atoms with Crippen molar-refractivity contribution >= 4 is 16.2 Å². The maximum absolute atomic E-state index is 10.9. The molecule has 0 amide bonds. The van der Waals surface area contributed by atoms with Gasteiger partial charge in [0.1, 0.15) is 0 Å². The van der Waals surface area contributed by atoms with Gasteiger partial charge in [0.05, 0.1) is 18.8 Å². The number of sulfonamides is 1. The number of primary sulfonamides is 1. The number of aliphatic imine (C=N–C) groups is 1. The van der Waals surface area contributed by atoms with Crippen LogP contribution in [-0.4, -0.2) is 31.0 Å². The third-order valence-corrected chi connectivity index (χ3v) is 2.53. The average Bonchev–Trinajstić information content (AvgIpc) is 2.45. The molecule has 2 rings (SSSR count). The van der Waals surface area contributed by atoms with Crippen molar-refractivity contribution in [1.29, 1.82) is 0 Å². The molecule has 2 N–H and O–H groups in total. The predicted molar refractivity (Wildman–Crippen MR) is 46.1 cm³/mol. The molecule has 0 spiro atoms. The Morgan fingerprint density at radius 2 is 2.31 bits per heavy atom. The van der Waals surface area contributed by atoms with Crippen LogP contribution in [0.5, 0.6) is 0 Å². The largest absolute Gasteiger partial charge is 0.289 e. The number of nitrogens with zero attached hydrogens (tertiary/aromatic N) is 3. The van der Waals surface area contributed by atoms with Gasteiger partial charge in [-0.1, -0.05) is 0 Å². The molecule has 0 aliphatic carbocycles. The number of fused-ring (bicyclic) bond motifs is 1. The van der Waals surface area contributed by atoms with Crippen LogP contribution in [0.15, 0.2) is 16.1 Å². The highest BCUT2D eigenvalue weighted by molar-refractivity contribution is 7.89. The van der Waals surface area contributed by atoms with Gasteiger partial charge in [0, 0.05) is 12.3 Å². The van der Waals surface area contributed by atoms with Crippen LogP contribution in [0.25, 0.3) is 0 Å². The number of nitrogens with two attached hydrogens (primary N) is 1. The average molecular weight is 200 g/mol. The molecule has 0 aromatic carbocycles. The Balaban J connectivity index is 2.55. The van der Waals surface area contributed by atoms with Crippen LogP contribution in [0.3, 0.4) is 0 Å². The Kier molecular flexibility index (Phi) is 1.70. The van der Waals surface area contributed by atoms with E-state index in [1.807, 2.05) is 0 Å². The van der Waals surface area contributed by atoms with E-state index in [2.05, 4.69) is 10.1 Å². The Labute approximate surface area is 75.1 Å². The van der Waals surface area contributed by atoms with E-state index in [4.69, 9.17) is 5.14 Å². The van der Waals surface area contributed by atoms with E-state index in [-0.39, 0.29) is 5.03 Å². The van der Waals surface area contributed by atoms with Crippen LogP contribution in [-0.2, 0) is 16.6 Å². The number of hydrogen-bond donors (Lipinski definition) is 1. The maximum atomic E-state index is 10.9. The van der Waals surface area contributed by atoms with Crippen molar-refractivity contribution in [3.8, 4) is 0 Å². The summed E-state index contributed by atoms with van der Waals surface area (Å²) < 4.78 is 23.4. The van der Waals surface area contributed by atoms with E-state index in [1.165, 1.54) is 6.07 Å². The lowest BCUT2D eigenvalue weighted by Crippen LogP contribution is -2.15. The smallest absolute Gasteiger partial charge is 0.257 e. The summed E-state index contributed by atoms with van der Waals surface area (Å²) in [4.78, 5) is 3.99. The maximum Gasteiger partial charge on any atom is 0.257 e. The lowest BCUT2D eigenvalue weighted by Gasteiger charge is -2.05. The minimum absolute atomic E-state index is 0.101. The summed E-state index contributed by atoms with van der Waals surface area (Å²) in [5, 5.41) is 8.65. The van der Waals surface area contributed by atoms with Crippen LogP contribution >= 0.6 is 0 Å². The van der Waals surface area contributed by atoms with Gasteiger partial charge in [-0.15, -0.1) is 0 Å². The van der Waals surface area contributed by atoms with Crippen molar-refractivity contribution in [2.45, 2.75) is 11.6 Å². The predicted octanol–water partition coefficient (Wildman–Crippen LogP) is -1.04. The molecular weight excluding hydrogens is 192 g/mol. The minimum Gasteiger partial charge on any atom is -0.289 e. The number of aromatic nitrogens is 2. The van der Waals surface area contributed by atoms with E-state index < -0.39 is 10.0 Å².